The predicted molar refractivity (Wildman–Crippen MR) is 118 cm³/mol. The van der Waals surface area contributed by atoms with E-state index in [1.807, 2.05) is 64.6 Å². The summed E-state index contributed by atoms with van der Waals surface area (Å²) >= 11 is 0. The number of nitrogens with zero attached hydrogens (tertiary/aromatic N) is 2. The number of amides is 3. The number of rotatable bonds is 3. The van der Waals surface area contributed by atoms with Crippen molar-refractivity contribution in [2.45, 2.75) is 72.2 Å². The molecule has 7 nitrogen and oxygen atoms in total. The first-order valence-corrected chi connectivity index (χ1v) is 11.1. The van der Waals surface area contributed by atoms with Crippen LogP contribution in [0.4, 0.5) is 0 Å². The van der Waals surface area contributed by atoms with Crippen molar-refractivity contribution in [3.05, 3.63) is 35.4 Å². The second-order valence-electron chi connectivity index (χ2n) is 9.97. The second-order valence-corrected chi connectivity index (χ2v) is 9.97. The Balaban J connectivity index is 1.91. The van der Waals surface area contributed by atoms with Crippen LogP contribution >= 0.6 is 0 Å². The van der Waals surface area contributed by atoms with Crippen molar-refractivity contribution in [2.24, 2.45) is 5.41 Å². The highest BCUT2D eigenvalue weighted by molar-refractivity contribution is 5.99. The first-order valence-electron chi connectivity index (χ1n) is 11.1. The monoisotopic (exact) mass is 429 g/mol. The fraction of sp³-hybridized carbons (Fsp3) is 0.625. The van der Waals surface area contributed by atoms with Crippen molar-refractivity contribution in [3.8, 4) is 0 Å². The second kappa shape index (κ2) is 8.61. The van der Waals surface area contributed by atoms with Gasteiger partial charge < -0.3 is 15.0 Å². The molecule has 2 heterocycles. The van der Waals surface area contributed by atoms with Crippen molar-refractivity contribution < 1.29 is 19.1 Å². The maximum Gasteiger partial charge on any atom is 0.257 e. The minimum absolute atomic E-state index is 0.0364. The van der Waals surface area contributed by atoms with Crippen molar-refractivity contribution in [3.63, 3.8) is 0 Å². The standard InChI is InChI=1S/C24H35N3O4/c1-16(2)25-20(28)19-15-31-24(11-13-26(14-12-24)22(30)23(4,5)6)27(19)21(29)18-10-8-7-9-17(18)3/h7-10,16,19H,11-15H2,1-6H3,(H,25,28). The lowest BCUT2D eigenvalue weighted by molar-refractivity contribution is -0.150. The summed E-state index contributed by atoms with van der Waals surface area (Å²) in [5.41, 5.74) is 0.0885. The third kappa shape index (κ3) is 4.61. The number of hydrogen-bond acceptors (Lipinski definition) is 4. The van der Waals surface area contributed by atoms with E-state index >= 15 is 0 Å². The maximum absolute atomic E-state index is 13.7. The largest absolute Gasteiger partial charge is 0.353 e. The fourth-order valence-electron chi connectivity index (χ4n) is 4.42. The highest BCUT2D eigenvalue weighted by Crippen LogP contribution is 2.39. The molecule has 0 saturated carbocycles. The molecular weight excluding hydrogens is 394 g/mol. The van der Waals surface area contributed by atoms with Crippen LogP contribution in [-0.2, 0) is 14.3 Å². The first-order chi connectivity index (χ1) is 14.5. The van der Waals surface area contributed by atoms with E-state index in [1.165, 1.54) is 0 Å². The number of hydrogen-bond donors (Lipinski definition) is 1. The highest BCUT2D eigenvalue weighted by Gasteiger charge is 2.54. The molecule has 3 amide bonds. The van der Waals surface area contributed by atoms with E-state index in [0.29, 0.717) is 31.5 Å². The zero-order chi connectivity index (χ0) is 23.0. The average Bonchev–Trinajstić information content (AvgIpc) is 3.05. The first kappa shape index (κ1) is 23.3. The number of carbonyl (C=O) groups is 3. The van der Waals surface area contributed by atoms with Gasteiger partial charge in [-0.2, -0.15) is 0 Å². The molecule has 1 aromatic carbocycles. The Morgan fingerprint density at radius 1 is 1.13 bits per heavy atom. The summed E-state index contributed by atoms with van der Waals surface area (Å²) in [7, 11) is 0. The van der Waals surface area contributed by atoms with Crippen LogP contribution in [0.2, 0.25) is 0 Å². The summed E-state index contributed by atoms with van der Waals surface area (Å²) in [6.45, 7) is 12.6. The Kier molecular flexibility index (Phi) is 6.46. The summed E-state index contributed by atoms with van der Waals surface area (Å²) in [6, 6.07) is 6.67. The van der Waals surface area contributed by atoms with Gasteiger partial charge in [-0.25, -0.2) is 0 Å². The number of aryl methyl sites for hydroxylation is 1. The van der Waals surface area contributed by atoms with Gasteiger partial charge in [-0.05, 0) is 32.4 Å². The molecule has 1 atom stereocenters. The van der Waals surface area contributed by atoms with E-state index < -0.39 is 17.2 Å². The van der Waals surface area contributed by atoms with Crippen LogP contribution in [0.3, 0.4) is 0 Å². The van der Waals surface area contributed by atoms with Gasteiger partial charge in [-0.1, -0.05) is 39.0 Å². The molecule has 1 aromatic rings. The Labute approximate surface area is 185 Å². The maximum atomic E-state index is 13.7. The molecule has 1 unspecified atom stereocenters. The normalized spacial score (nSPS) is 20.9. The quantitative estimate of drug-likeness (QED) is 0.801. The Morgan fingerprint density at radius 2 is 1.74 bits per heavy atom. The van der Waals surface area contributed by atoms with Crippen molar-refractivity contribution in [1.29, 1.82) is 0 Å². The molecule has 1 spiro atoms. The average molecular weight is 430 g/mol. The van der Waals surface area contributed by atoms with E-state index in [1.54, 1.807) is 11.0 Å². The number of ether oxygens (including phenoxy) is 1. The van der Waals surface area contributed by atoms with Crippen LogP contribution in [0.1, 0.15) is 63.4 Å². The van der Waals surface area contributed by atoms with Gasteiger partial charge in [0.2, 0.25) is 11.8 Å². The zero-order valence-corrected chi connectivity index (χ0v) is 19.5. The Hall–Kier alpha value is -2.41. The highest BCUT2D eigenvalue weighted by atomic mass is 16.5. The number of likely N-dealkylation sites (tertiary alicyclic amines) is 1. The molecule has 2 saturated heterocycles. The molecule has 0 aliphatic carbocycles. The SMILES string of the molecule is Cc1ccccc1C(=O)N1C(C(=O)NC(C)C)COC12CCN(C(=O)C(C)(C)C)CC2. The van der Waals surface area contributed by atoms with Gasteiger partial charge in [0.15, 0.2) is 0 Å². The fourth-order valence-corrected chi connectivity index (χ4v) is 4.42. The molecule has 7 heteroatoms. The smallest absolute Gasteiger partial charge is 0.257 e. The molecule has 0 bridgehead atoms. The number of benzene rings is 1. The van der Waals surface area contributed by atoms with Crippen LogP contribution in [0.25, 0.3) is 0 Å². The summed E-state index contributed by atoms with van der Waals surface area (Å²) in [6.07, 6.45) is 0.968. The molecule has 2 aliphatic rings. The predicted octanol–water partition coefficient (Wildman–Crippen LogP) is 2.73. The van der Waals surface area contributed by atoms with Gasteiger partial charge in [0.05, 0.1) is 6.61 Å². The Bertz CT molecular complexity index is 851. The van der Waals surface area contributed by atoms with Crippen molar-refractivity contribution in [2.75, 3.05) is 19.7 Å². The summed E-state index contributed by atoms with van der Waals surface area (Å²) in [5.74, 6) is -0.316. The number of carbonyl (C=O) groups excluding carboxylic acids is 3. The number of piperidine rings is 1. The van der Waals surface area contributed by atoms with Crippen LogP contribution < -0.4 is 5.32 Å². The van der Waals surface area contributed by atoms with Crippen LogP contribution in [0, 0.1) is 12.3 Å². The minimum atomic E-state index is -0.882. The molecule has 170 valence electrons. The van der Waals surface area contributed by atoms with E-state index in [0.717, 1.165) is 5.56 Å². The lowest BCUT2D eigenvalue weighted by atomic mass is 9.91. The van der Waals surface area contributed by atoms with Gasteiger partial charge in [0.1, 0.15) is 11.8 Å². The summed E-state index contributed by atoms with van der Waals surface area (Å²) < 4.78 is 6.21. The van der Waals surface area contributed by atoms with Crippen LogP contribution in [0.15, 0.2) is 24.3 Å². The van der Waals surface area contributed by atoms with Gasteiger partial charge in [-0.15, -0.1) is 0 Å². The third-order valence-electron chi connectivity index (χ3n) is 6.06. The van der Waals surface area contributed by atoms with E-state index in [4.69, 9.17) is 4.74 Å². The van der Waals surface area contributed by atoms with Crippen LogP contribution in [0.5, 0.6) is 0 Å². The molecule has 2 fully saturated rings. The third-order valence-corrected chi connectivity index (χ3v) is 6.06. The van der Waals surface area contributed by atoms with E-state index in [2.05, 4.69) is 5.32 Å². The van der Waals surface area contributed by atoms with Gasteiger partial charge in [0.25, 0.3) is 5.91 Å². The molecule has 3 rings (SSSR count). The molecule has 1 N–H and O–H groups in total. The molecule has 0 radical (unpaired) electrons. The van der Waals surface area contributed by atoms with Crippen molar-refractivity contribution in [1.82, 2.24) is 15.1 Å². The van der Waals surface area contributed by atoms with Gasteiger partial charge in [0, 0.05) is 43.0 Å². The van der Waals surface area contributed by atoms with E-state index in [9.17, 15) is 14.4 Å². The van der Waals surface area contributed by atoms with E-state index in [-0.39, 0.29) is 30.4 Å². The lowest BCUT2D eigenvalue weighted by Crippen LogP contribution is -2.60. The zero-order valence-electron chi connectivity index (χ0n) is 19.5. The molecule has 2 aliphatic heterocycles. The number of nitrogens with one attached hydrogen (secondary N) is 1. The summed E-state index contributed by atoms with van der Waals surface area (Å²) in [4.78, 5) is 42.9. The molecular formula is C24H35N3O4. The topological polar surface area (TPSA) is 79.0 Å². The molecule has 31 heavy (non-hydrogen) atoms. The lowest BCUT2D eigenvalue weighted by Gasteiger charge is -2.45. The summed E-state index contributed by atoms with van der Waals surface area (Å²) in [5, 5.41) is 2.93. The minimum Gasteiger partial charge on any atom is -0.353 e. The van der Waals surface area contributed by atoms with Crippen LogP contribution in [-0.4, -0.2) is 65.0 Å². The van der Waals surface area contributed by atoms with Crippen molar-refractivity contribution >= 4 is 17.7 Å². The van der Waals surface area contributed by atoms with Gasteiger partial charge >= 0.3 is 0 Å². The Morgan fingerprint density at radius 3 is 2.29 bits per heavy atom. The molecule has 0 aromatic heterocycles. The van der Waals surface area contributed by atoms with Gasteiger partial charge in [-0.3, -0.25) is 19.3 Å².